The van der Waals surface area contributed by atoms with Gasteiger partial charge in [-0.15, -0.1) is 16.4 Å². The molecular formula is C24H25N5O3S. The van der Waals surface area contributed by atoms with E-state index in [4.69, 9.17) is 4.74 Å². The van der Waals surface area contributed by atoms with Gasteiger partial charge in [0.15, 0.2) is 0 Å². The zero-order chi connectivity index (χ0) is 23.2. The molecule has 1 atom stereocenters. The van der Waals surface area contributed by atoms with Crippen LogP contribution in [-0.4, -0.2) is 47.1 Å². The molecule has 0 aliphatic heterocycles. The molecule has 0 saturated heterocycles. The first-order valence-electron chi connectivity index (χ1n) is 10.6. The zero-order valence-corrected chi connectivity index (χ0v) is 19.3. The highest BCUT2D eigenvalue weighted by molar-refractivity contribution is 7.10. The first-order valence-corrected chi connectivity index (χ1v) is 11.4. The Hall–Kier alpha value is -3.56. The van der Waals surface area contributed by atoms with Gasteiger partial charge in [-0.3, -0.25) is 14.5 Å². The molecule has 8 nitrogen and oxygen atoms in total. The molecule has 9 heteroatoms. The van der Waals surface area contributed by atoms with Gasteiger partial charge >= 0.3 is 0 Å². The third kappa shape index (κ3) is 4.94. The monoisotopic (exact) mass is 463 g/mol. The van der Waals surface area contributed by atoms with Crippen LogP contribution < -0.4 is 10.2 Å². The van der Waals surface area contributed by atoms with Crippen LogP contribution in [0.4, 0.5) is 5.69 Å². The fraction of sp³-hybridized carbons (Fsp3) is 0.250. The highest BCUT2D eigenvalue weighted by Crippen LogP contribution is 2.33. The van der Waals surface area contributed by atoms with Crippen LogP contribution in [0.25, 0.3) is 11.0 Å². The van der Waals surface area contributed by atoms with Crippen LogP contribution in [0.2, 0.25) is 0 Å². The van der Waals surface area contributed by atoms with Gasteiger partial charge in [0.1, 0.15) is 18.1 Å². The topological polar surface area (TPSA) is 89.4 Å². The Kier molecular flexibility index (Phi) is 7.11. The Morgan fingerprint density at radius 1 is 1.12 bits per heavy atom. The summed E-state index contributed by atoms with van der Waals surface area (Å²) in [5.41, 5.74) is 3.03. The number of methoxy groups -OCH3 is 1. The number of hydrogen-bond acceptors (Lipinski definition) is 6. The number of benzene rings is 2. The van der Waals surface area contributed by atoms with Crippen LogP contribution in [0.5, 0.6) is 0 Å². The van der Waals surface area contributed by atoms with Crippen LogP contribution in [-0.2, 0) is 20.9 Å². The number of amides is 2. The largest absolute Gasteiger partial charge is 0.383 e. The summed E-state index contributed by atoms with van der Waals surface area (Å²) in [6.07, 6.45) is 0. The molecule has 0 fully saturated rings. The van der Waals surface area contributed by atoms with Crippen LogP contribution in [0.1, 0.15) is 16.5 Å². The van der Waals surface area contributed by atoms with Gasteiger partial charge in [-0.1, -0.05) is 41.6 Å². The van der Waals surface area contributed by atoms with Crippen molar-refractivity contribution < 1.29 is 14.3 Å². The normalized spacial score (nSPS) is 11.9. The molecule has 0 unspecified atom stereocenters. The molecule has 0 aliphatic carbocycles. The number of thiophene rings is 1. The molecule has 2 aromatic heterocycles. The number of hydrogen-bond donors (Lipinski definition) is 1. The van der Waals surface area contributed by atoms with Gasteiger partial charge in [0.05, 0.1) is 12.1 Å². The fourth-order valence-corrected chi connectivity index (χ4v) is 4.50. The van der Waals surface area contributed by atoms with Crippen molar-refractivity contribution in [3.63, 3.8) is 0 Å². The maximum absolute atomic E-state index is 13.8. The summed E-state index contributed by atoms with van der Waals surface area (Å²) in [7, 11) is 1.58. The Bertz CT molecular complexity index is 1240. The summed E-state index contributed by atoms with van der Waals surface area (Å²) >= 11 is 1.43. The van der Waals surface area contributed by atoms with E-state index in [2.05, 4.69) is 15.6 Å². The average molecular weight is 464 g/mol. The minimum absolute atomic E-state index is 0.0535. The second-order valence-corrected chi connectivity index (χ2v) is 8.47. The van der Waals surface area contributed by atoms with Gasteiger partial charge in [-0.25, -0.2) is 4.68 Å². The Balaban J connectivity index is 1.75. The second kappa shape index (κ2) is 10.4. The van der Waals surface area contributed by atoms with E-state index in [-0.39, 0.29) is 18.4 Å². The third-order valence-electron chi connectivity index (χ3n) is 5.27. The van der Waals surface area contributed by atoms with E-state index in [1.807, 2.05) is 73.0 Å². The number of aryl methyl sites for hydroxylation is 1. The SMILES string of the molecule is COCCNC(=O)[C@H](c1cccs1)N(C(=O)Cn1nnc2ccccc21)c1ccccc1C. The fourth-order valence-electron chi connectivity index (χ4n) is 3.68. The van der Waals surface area contributed by atoms with E-state index in [0.29, 0.717) is 24.4 Å². The van der Waals surface area contributed by atoms with E-state index in [0.717, 1.165) is 16.0 Å². The molecule has 0 spiro atoms. The lowest BCUT2D eigenvalue weighted by Gasteiger charge is -2.31. The molecule has 4 aromatic rings. The van der Waals surface area contributed by atoms with Crippen molar-refractivity contribution in [3.8, 4) is 0 Å². The van der Waals surface area contributed by atoms with E-state index in [9.17, 15) is 9.59 Å². The first kappa shape index (κ1) is 22.6. The predicted octanol–water partition coefficient (Wildman–Crippen LogP) is 3.34. The molecule has 2 heterocycles. The van der Waals surface area contributed by atoms with Crippen LogP contribution in [0.3, 0.4) is 0 Å². The average Bonchev–Trinajstić information content (AvgIpc) is 3.49. The molecular weight excluding hydrogens is 438 g/mol. The molecule has 0 bridgehead atoms. The molecule has 0 aliphatic rings. The standard InChI is InChI=1S/C24H25N5O3S/c1-17-8-3-5-10-19(17)29(22(30)16-28-20-11-6-4-9-18(20)26-27-28)23(21-12-7-15-33-21)24(31)25-13-14-32-2/h3-12,15,23H,13-14,16H2,1-2H3,(H,25,31)/t23-/m0/s1. The quantitative estimate of drug-likeness (QED) is 0.385. The molecule has 33 heavy (non-hydrogen) atoms. The van der Waals surface area contributed by atoms with Crippen molar-refractivity contribution >= 4 is 39.9 Å². The minimum Gasteiger partial charge on any atom is -0.383 e. The Morgan fingerprint density at radius 3 is 2.67 bits per heavy atom. The van der Waals surface area contributed by atoms with Crippen molar-refractivity contribution in [3.05, 3.63) is 76.5 Å². The minimum atomic E-state index is -0.828. The molecule has 1 N–H and O–H groups in total. The molecule has 0 saturated carbocycles. The van der Waals surface area contributed by atoms with Crippen molar-refractivity contribution in [1.29, 1.82) is 0 Å². The summed E-state index contributed by atoms with van der Waals surface area (Å²) in [5, 5.41) is 13.1. The van der Waals surface area contributed by atoms with Gasteiger partial charge in [0.2, 0.25) is 11.8 Å². The summed E-state index contributed by atoms with van der Waals surface area (Å²) in [5.74, 6) is -0.533. The lowest BCUT2D eigenvalue weighted by atomic mass is 10.1. The van der Waals surface area contributed by atoms with Gasteiger partial charge in [0, 0.05) is 24.2 Å². The van der Waals surface area contributed by atoms with E-state index < -0.39 is 6.04 Å². The summed E-state index contributed by atoms with van der Waals surface area (Å²) in [4.78, 5) is 29.5. The Morgan fingerprint density at radius 2 is 1.91 bits per heavy atom. The van der Waals surface area contributed by atoms with E-state index in [1.54, 1.807) is 16.7 Å². The third-order valence-corrected chi connectivity index (χ3v) is 6.20. The number of rotatable bonds is 9. The lowest BCUT2D eigenvalue weighted by molar-refractivity contribution is -0.127. The van der Waals surface area contributed by atoms with Gasteiger partial charge in [0.25, 0.3) is 0 Å². The number of ether oxygens (including phenoxy) is 1. The van der Waals surface area contributed by atoms with E-state index in [1.165, 1.54) is 11.3 Å². The number of nitrogens with zero attached hydrogens (tertiary/aromatic N) is 4. The Labute approximate surface area is 195 Å². The second-order valence-electron chi connectivity index (χ2n) is 7.49. The van der Waals surface area contributed by atoms with Crippen molar-refractivity contribution in [1.82, 2.24) is 20.3 Å². The number of aromatic nitrogens is 3. The maximum atomic E-state index is 13.8. The predicted molar refractivity (Wildman–Crippen MR) is 128 cm³/mol. The first-order chi connectivity index (χ1) is 16.1. The molecule has 0 radical (unpaired) electrons. The van der Waals surface area contributed by atoms with Gasteiger partial charge in [-0.2, -0.15) is 0 Å². The van der Waals surface area contributed by atoms with Crippen molar-refractivity contribution in [2.24, 2.45) is 0 Å². The number of anilines is 1. The smallest absolute Gasteiger partial charge is 0.249 e. The molecule has 170 valence electrons. The van der Waals surface area contributed by atoms with Crippen LogP contribution in [0, 0.1) is 6.92 Å². The van der Waals surface area contributed by atoms with E-state index >= 15 is 0 Å². The maximum Gasteiger partial charge on any atom is 0.249 e. The van der Waals surface area contributed by atoms with Gasteiger partial charge in [-0.05, 0) is 42.1 Å². The highest BCUT2D eigenvalue weighted by Gasteiger charge is 2.34. The zero-order valence-electron chi connectivity index (χ0n) is 18.5. The van der Waals surface area contributed by atoms with Crippen molar-refractivity contribution in [2.45, 2.75) is 19.5 Å². The molecule has 2 aromatic carbocycles. The lowest BCUT2D eigenvalue weighted by Crippen LogP contribution is -2.45. The molecule has 4 rings (SSSR count). The number of para-hydroxylation sites is 2. The molecule has 2 amide bonds. The van der Waals surface area contributed by atoms with Crippen LogP contribution in [0.15, 0.2) is 66.0 Å². The number of carbonyl (C=O) groups is 2. The number of carbonyl (C=O) groups excluding carboxylic acids is 2. The summed E-state index contributed by atoms with van der Waals surface area (Å²) in [6.45, 7) is 2.60. The highest BCUT2D eigenvalue weighted by atomic mass is 32.1. The van der Waals surface area contributed by atoms with Crippen LogP contribution >= 0.6 is 11.3 Å². The van der Waals surface area contributed by atoms with Crippen molar-refractivity contribution in [2.75, 3.05) is 25.2 Å². The number of fused-ring (bicyclic) bond motifs is 1. The van der Waals surface area contributed by atoms with Gasteiger partial charge < -0.3 is 10.1 Å². The summed E-state index contributed by atoms with van der Waals surface area (Å²) in [6, 6.07) is 17.9. The summed E-state index contributed by atoms with van der Waals surface area (Å²) < 4.78 is 6.64. The number of nitrogens with one attached hydrogen (secondary N) is 1.